The predicted octanol–water partition coefficient (Wildman–Crippen LogP) is -0.695. The summed E-state index contributed by atoms with van der Waals surface area (Å²) in [6.45, 7) is 8.54. The van der Waals surface area contributed by atoms with Crippen LogP contribution in [0.3, 0.4) is 0 Å². The molecule has 0 saturated carbocycles. The molecule has 0 rings (SSSR count). The number of rotatable bonds is 2. The number of ketones is 2. The van der Waals surface area contributed by atoms with Gasteiger partial charge in [0.05, 0.1) is 0 Å². The maximum absolute atomic E-state index is 9.94. The number of carbonyl (C=O) groups excluding carboxylic acids is 2. The number of hydrogen-bond donors (Lipinski definition) is 0. The molecule has 5 heteroatoms. The van der Waals surface area contributed by atoms with Crippen molar-refractivity contribution in [1.29, 1.82) is 0 Å². The van der Waals surface area contributed by atoms with Gasteiger partial charge in [-0.15, -0.1) is 0 Å². The Morgan fingerprint density at radius 1 is 0.933 bits per heavy atom. The Bertz CT molecular complexity index is 231. The Labute approximate surface area is 99.6 Å². The smallest absolute Gasteiger partial charge is 0.889 e. The molecule has 0 amide bonds. The summed E-state index contributed by atoms with van der Waals surface area (Å²) in [5.41, 5.74) is 0. The minimum Gasteiger partial charge on any atom is -0.889 e. The standard InChI is InChI=1S/2C5H7O2.Ni/c2*1-4(6)3-5(2)7;/h2*3,7H,1H2,2H3;/q2*-1;+2/p-2. The third kappa shape index (κ3) is 32.4. The van der Waals surface area contributed by atoms with Gasteiger partial charge in [-0.1, -0.05) is 13.8 Å². The van der Waals surface area contributed by atoms with Gasteiger partial charge in [-0.25, -0.2) is 11.5 Å². The average molecular weight is 255 g/mol. The molecule has 0 aliphatic rings. The van der Waals surface area contributed by atoms with Gasteiger partial charge in [-0.05, 0) is 0 Å². The van der Waals surface area contributed by atoms with E-state index in [-0.39, 0.29) is 28.0 Å². The maximum Gasteiger partial charge on any atom is 2.00 e. The van der Waals surface area contributed by atoms with Gasteiger partial charge in [0, 0.05) is 11.6 Å². The molecule has 0 aromatic heterocycles. The molecule has 0 heterocycles. The summed E-state index contributed by atoms with van der Waals surface area (Å²) in [7, 11) is 0. The van der Waals surface area contributed by atoms with Crippen LogP contribution in [0.5, 0.6) is 0 Å². The Balaban J connectivity index is -0.000000180. The molecular formula is C10H12NiO4-2. The normalized spacial score (nSPS) is 10.5. The SMILES string of the molecule is [CH2-]C(=O)C=C(C)[O-].[CH2-]C(=O)C=C(C)[O-].[Ni+2]. The molecule has 0 radical (unpaired) electrons. The zero-order valence-corrected chi connectivity index (χ0v) is 9.51. The topological polar surface area (TPSA) is 80.3 Å². The van der Waals surface area contributed by atoms with Crippen LogP contribution in [-0.4, -0.2) is 11.6 Å². The molecule has 0 unspecified atom stereocenters. The molecule has 0 aliphatic heterocycles. The number of hydrogen-bond acceptors (Lipinski definition) is 4. The fourth-order valence-corrected chi connectivity index (χ4v) is 0.453. The summed E-state index contributed by atoms with van der Waals surface area (Å²) in [4.78, 5) is 19.7. The first-order chi connectivity index (χ1) is 6.25. The Morgan fingerprint density at radius 2 is 1.13 bits per heavy atom. The van der Waals surface area contributed by atoms with Crippen LogP contribution in [0.4, 0.5) is 0 Å². The molecule has 0 saturated heterocycles. The zero-order chi connectivity index (χ0) is 11.7. The first-order valence-corrected chi connectivity index (χ1v) is 3.68. The largest absolute Gasteiger partial charge is 2.00 e. The number of allylic oxidation sites excluding steroid dienone is 4. The predicted molar refractivity (Wildman–Crippen MR) is 48.2 cm³/mol. The zero-order valence-electron chi connectivity index (χ0n) is 8.52. The summed E-state index contributed by atoms with van der Waals surface area (Å²) >= 11 is 0. The van der Waals surface area contributed by atoms with E-state index in [1.165, 1.54) is 13.8 Å². The third-order valence-electron chi connectivity index (χ3n) is 0.729. The first kappa shape index (κ1) is 19.3. The van der Waals surface area contributed by atoms with Gasteiger partial charge in [0.25, 0.3) is 0 Å². The molecule has 0 aliphatic carbocycles. The average Bonchev–Trinajstić information content (AvgIpc) is 1.79. The number of carbonyl (C=O) groups is 2. The Kier molecular flexibility index (Phi) is 13.8. The minimum atomic E-state index is -0.437. The van der Waals surface area contributed by atoms with E-state index in [9.17, 15) is 19.8 Å². The molecule has 0 bridgehead atoms. The van der Waals surface area contributed by atoms with Crippen molar-refractivity contribution in [3.8, 4) is 0 Å². The van der Waals surface area contributed by atoms with E-state index in [1.807, 2.05) is 0 Å². The molecule has 88 valence electrons. The van der Waals surface area contributed by atoms with Gasteiger partial charge < -0.3 is 19.8 Å². The third-order valence-corrected chi connectivity index (χ3v) is 0.729. The van der Waals surface area contributed by atoms with E-state index in [0.29, 0.717) is 0 Å². The van der Waals surface area contributed by atoms with Gasteiger partial charge in [0.1, 0.15) is 0 Å². The monoisotopic (exact) mass is 254 g/mol. The van der Waals surface area contributed by atoms with E-state index in [2.05, 4.69) is 13.8 Å². The summed E-state index contributed by atoms with van der Waals surface area (Å²) in [6, 6.07) is 0. The fourth-order valence-electron chi connectivity index (χ4n) is 0.453. The fraction of sp³-hybridized carbons (Fsp3) is 0.200. The van der Waals surface area contributed by atoms with Crippen LogP contribution in [0.1, 0.15) is 13.8 Å². The van der Waals surface area contributed by atoms with Crippen LogP contribution in [0.2, 0.25) is 0 Å². The quantitative estimate of drug-likeness (QED) is 0.283. The Hall–Kier alpha value is -1.35. The van der Waals surface area contributed by atoms with E-state index in [0.717, 1.165) is 12.2 Å². The molecule has 0 aromatic carbocycles. The van der Waals surface area contributed by atoms with Crippen LogP contribution < -0.4 is 10.2 Å². The van der Waals surface area contributed by atoms with Gasteiger partial charge >= 0.3 is 16.5 Å². The summed E-state index contributed by atoms with van der Waals surface area (Å²) in [5.74, 6) is -1.37. The summed E-state index contributed by atoms with van der Waals surface area (Å²) in [5, 5.41) is 19.9. The molecule has 15 heavy (non-hydrogen) atoms. The van der Waals surface area contributed by atoms with Gasteiger partial charge in [0.2, 0.25) is 0 Å². The van der Waals surface area contributed by atoms with Crippen molar-refractivity contribution in [2.45, 2.75) is 13.8 Å². The molecular weight excluding hydrogens is 243 g/mol. The van der Waals surface area contributed by atoms with Crippen molar-refractivity contribution < 1.29 is 36.3 Å². The van der Waals surface area contributed by atoms with E-state index >= 15 is 0 Å². The molecule has 4 nitrogen and oxygen atoms in total. The van der Waals surface area contributed by atoms with Crippen LogP contribution in [-0.2, 0) is 26.1 Å². The van der Waals surface area contributed by atoms with Crippen LogP contribution in [0, 0.1) is 13.8 Å². The van der Waals surface area contributed by atoms with Gasteiger partial charge in [0.15, 0.2) is 0 Å². The van der Waals surface area contributed by atoms with E-state index in [1.54, 1.807) is 0 Å². The summed E-state index contributed by atoms with van der Waals surface area (Å²) < 4.78 is 0. The van der Waals surface area contributed by atoms with Crippen molar-refractivity contribution in [3.05, 3.63) is 37.5 Å². The van der Waals surface area contributed by atoms with Gasteiger partial charge in [-0.2, -0.15) is 26.0 Å². The maximum atomic E-state index is 9.94. The minimum absolute atomic E-state index is 0. The van der Waals surface area contributed by atoms with Crippen molar-refractivity contribution in [1.82, 2.24) is 0 Å². The second-order valence-corrected chi connectivity index (χ2v) is 2.44. The molecule has 0 fully saturated rings. The second-order valence-electron chi connectivity index (χ2n) is 2.44. The van der Waals surface area contributed by atoms with Crippen LogP contribution in [0.25, 0.3) is 0 Å². The molecule has 0 N–H and O–H groups in total. The second kappa shape index (κ2) is 10.7. The van der Waals surface area contributed by atoms with Crippen molar-refractivity contribution in [3.63, 3.8) is 0 Å². The van der Waals surface area contributed by atoms with Crippen LogP contribution in [0.15, 0.2) is 23.7 Å². The molecule has 0 atom stereocenters. The Morgan fingerprint density at radius 3 is 1.13 bits per heavy atom. The molecule has 0 aromatic rings. The first-order valence-electron chi connectivity index (χ1n) is 3.68. The van der Waals surface area contributed by atoms with Crippen LogP contribution >= 0.6 is 0 Å². The van der Waals surface area contributed by atoms with Crippen molar-refractivity contribution in [2.75, 3.05) is 0 Å². The van der Waals surface area contributed by atoms with Gasteiger partial charge in [-0.3, -0.25) is 0 Å². The van der Waals surface area contributed by atoms with E-state index in [4.69, 9.17) is 0 Å². The molecule has 0 spiro atoms. The van der Waals surface area contributed by atoms with Crippen molar-refractivity contribution in [2.24, 2.45) is 0 Å². The van der Waals surface area contributed by atoms with E-state index < -0.39 is 11.6 Å². The van der Waals surface area contributed by atoms with Crippen molar-refractivity contribution >= 4 is 11.6 Å². The summed E-state index contributed by atoms with van der Waals surface area (Å²) in [6.07, 6.45) is 1.89.